The minimum absolute atomic E-state index is 0.532. The summed E-state index contributed by atoms with van der Waals surface area (Å²) in [5, 5.41) is 0.532. The number of hydrogen-bond acceptors (Lipinski definition) is 2. The van der Waals surface area contributed by atoms with Crippen LogP contribution in [0.3, 0.4) is 0 Å². The van der Waals surface area contributed by atoms with Crippen molar-refractivity contribution in [3.8, 4) is 0 Å². The first-order valence-electron chi connectivity index (χ1n) is 6.72. The first-order chi connectivity index (χ1) is 9.52. The molecular weight excluding hydrogens is 265 g/mol. The first-order valence-corrected chi connectivity index (χ1v) is 6.72. The first kappa shape index (κ1) is 13.4. The number of benzene rings is 1. The molecule has 0 bridgehead atoms. The molecule has 0 spiro atoms. The molecule has 3 rings (SSSR count). The number of pyridine rings is 1. The molecule has 106 valence electrons. The summed E-state index contributed by atoms with van der Waals surface area (Å²) >= 11 is 0. The summed E-state index contributed by atoms with van der Waals surface area (Å²) in [5.41, 5.74) is 0.910. The Bertz CT molecular complexity index is 616. The molecule has 0 atom stereocenters. The van der Waals surface area contributed by atoms with Crippen LogP contribution in [-0.4, -0.2) is 23.0 Å². The molecule has 2 heterocycles. The third-order valence-corrected chi connectivity index (χ3v) is 3.66. The molecule has 0 N–H and O–H groups in total. The van der Waals surface area contributed by atoms with Gasteiger partial charge in [0.05, 0.1) is 16.8 Å². The van der Waals surface area contributed by atoms with Crippen LogP contribution in [0.5, 0.6) is 0 Å². The predicted octanol–water partition coefficient (Wildman–Crippen LogP) is 3.85. The molecule has 2 nitrogen and oxygen atoms in total. The van der Waals surface area contributed by atoms with Gasteiger partial charge in [0.2, 0.25) is 0 Å². The Labute approximate surface area is 115 Å². The predicted molar refractivity (Wildman–Crippen MR) is 71.3 cm³/mol. The van der Waals surface area contributed by atoms with Crippen LogP contribution in [0.15, 0.2) is 30.3 Å². The molecule has 5 heteroatoms. The normalized spacial score (nSPS) is 16.9. The van der Waals surface area contributed by atoms with Crippen LogP contribution in [0, 0.1) is 0 Å². The fourth-order valence-corrected chi connectivity index (χ4v) is 2.60. The molecule has 0 radical (unpaired) electrons. The number of likely N-dealkylation sites (tertiary alicyclic amines) is 1. The maximum atomic E-state index is 12.6. The number of alkyl halides is 3. The van der Waals surface area contributed by atoms with Crippen LogP contribution in [0.1, 0.15) is 24.1 Å². The Hall–Kier alpha value is -1.62. The van der Waals surface area contributed by atoms with Crippen LogP contribution in [0.4, 0.5) is 13.2 Å². The zero-order valence-corrected chi connectivity index (χ0v) is 11.0. The minimum Gasteiger partial charge on any atom is -0.298 e. The lowest BCUT2D eigenvalue weighted by Crippen LogP contribution is -2.19. The van der Waals surface area contributed by atoms with Crippen molar-refractivity contribution < 1.29 is 13.2 Å². The SMILES string of the molecule is FC(F)(F)c1ccc2nc(CN3CCCC3)ccc2c1. The van der Waals surface area contributed by atoms with Crippen molar-refractivity contribution in [3.05, 3.63) is 41.6 Å². The fourth-order valence-electron chi connectivity index (χ4n) is 2.60. The average Bonchev–Trinajstić information content (AvgIpc) is 2.90. The van der Waals surface area contributed by atoms with Crippen LogP contribution in [0.25, 0.3) is 10.9 Å². The van der Waals surface area contributed by atoms with Crippen LogP contribution < -0.4 is 0 Å². The summed E-state index contributed by atoms with van der Waals surface area (Å²) in [6, 6.07) is 7.24. The van der Waals surface area contributed by atoms with Gasteiger partial charge in [0.25, 0.3) is 0 Å². The van der Waals surface area contributed by atoms with E-state index in [-0.39, 0.29) is 0 Å². The zero-order chi connectivity index (χ0) is 14.2. The zero-order valence-electron chi connectivity index (χ0n) is 11.0. The molecule has 1 saturated heterocycles. The van der Waals surface area contributed by atoms with Gasteiger partial charge in [-0.3, -0.25) is 9.88 Å². The van der Waals surface area contributed by atoms with Gasteiger partial charge in [0.15, 0.2) is 0 Å². The molecule has 0 aliphatic carbocycles. The van der Waals surface area contributed by atoms with E-state index >= 15 is 0 Å². The van der Waals surface area contributed by atoms with E-state index in [1.807, 2.05) is 6.07 Å². The van der Waals surface area contributed by atoms with E-state index in [2.05, 4.69) is 9.88 Å². The number of fused-ring (bicyclic) bond motifs is 1. The van der Waals surface area contributed by atoms with Crippen molar-refractivity contribution in [2.75, 3.05) is 13.1 Å². The lowest BCUT2D eigenvalue weighted by Gasteiger charge is -2.14. The number of rotatable bonds is 2. The molecule has 1 aromatic carbocycles. The van der Waals surface area contributed by atoms with E-state index in [1.54, 1.807) is 6.07 Å². The lowest BCUT2D eigenvalue weighted by atomic mass is 10.1. The van der Waals surface area contributed by atoms with E-state index in [4.69, 9.17) is 0 Å². The van der Waals surface area contributed by atoms with Crippen LogP contribution in [0.2, 0.25) is 0 Å². The van der Waals surface area contributed by atoms with Gasteiger partial charge in [0.1, 0.15) is 0 Å². The number of aromatic nitrogens is 1. The van der Waals surface area contributed by atoms with Gasteiger partial charge in [-0.25, -0.2) is 0 Å². The van der Waals surface area contributed by atoms with E-state index < -0.39 is 11.7 Å². The number of nitrogens with zero attached hydrogens (tertiary/aromatic N) is 2. The molecule has 1 fully saturated rings. The highest BCUT2D eigenvalue weighted by Crippen LogP contribution is 2.31. The highest BCUT2D eigenvalue weighted by Gasteiger charge is 2.30. The summed E-state index contributed by atoms with van der Waals surface area (Å²) in [5.74, 6) is 0. The van der Waals surface area contributed by atoms with Crippen LogP contribution in [-0.2, 0) is 12.7 Å². The lowest BCUT2D eigenvalue weighted by molar-refractivity contribution is -0.137. The minimum atomic E-state index is -4.30. The van der Waals surface area contributed by atoms with E-state index in [0.717, 1.165) is 37.5 Å². The van der Waals surface area contributed by atoms with Crippen molar-refractivity contribution in [1.82, 2.24) is 9.88 Å². The molecule has 1 aromatic heterocycles. The summed E-state index contributed by atoms with van der Waals surface area (Å²) in [7, 11) is 0. The Kier molecular flexibility index (Phi) is 3.38. The molecule has 1 aliphatic heterocycles. The molecule has 0 unspecified atom stereocenters. The van der Waals surface area contributed by atoms with Gasteiger partial charge >= 0.3 is 6.18 Å². The second kappa shape index (κ2) is 5.05. The molecule has 0 saturated carbocycles. The van der Waals surface area contributed by atoms with Gasteiger partial charge in [-0.05, 0) is 50.2 Å². The standard InChI is InChI=1S/C15H15F3N2/c16-15(17,18)12-4-6-14-11(9-12)3-5-13(19-14)10-20-7-1-2-8-20/h3-6,9H,1-2,7-8,10H2. The summed E-state index contributed by atoms with van der Waals surface area (Å²) in [6.07, 6.45) is -1.88. The third kappa shape index (κ3) is 2.77. The highest BCUT2D eigenvalue weighted by atomic mass is 19.4. The van der Waals surface area contributed by atoms with E-state index in [9.17, 15) is 13.2 Å². The van der Waals surface area contributed by atoms with Crippen molar-refractivity contribution >= 4 is 10.9 Å². The molecule has 20 heavy (non-hydrogen) atoms. The van der Waals surface area contributed by atoms with Crippen LogP contribution >= 0.6 is 0 Å². The van der Waals surface area contributed by atoms with E-state index in [1.165, 1.54) is 18.9 Å². The van der Waals surface area contributed by atoms with Gasteiger partial charge in [-0.2, -0.15) is 13.2 Å². The van der Waals surface area contributed by atoms with Gasteiger partial charge in [0, 0.05) is 11.9 Å². The maximum Gasteiger partial charge on any atom is 0.416 e. The summed E-state index contributed by atoms with van der Waals surface area (Å²) < 4.78 is 37.9. The molecule has 1 aliphatic rings. The highest BCUT2D eigenvalue weighted by molar-refractivity contribution is 5.79. The average molecular weight is 280 g/mol. The Balaban J connectivity index is 1.88. The number of hydrogen-bond donors (Lipinski definition) is 0. The third-order valence-electron chi connectivity index (χ3n) is 3.66. The van der Waals surface area contributed by atoms with Gasteiger partial charge < -0.3 is 0 Å². The quantitative estimate of drug-likeness (QED) is 0.830. The second-order valence-electron chi connectivity index (χ2n) is 5.19. The molecule has 0 amide bonds. The summed E-state index contributed by atoms with van der Waals surface area (Å²) in [6.45, 7) is 2.93. The van der Waals surface area contributed by atoms with Gasteiger partial charge in [-0.1, -0.05) is 6.07 Å². The number of halogens is 3. The topological polar surface area (TPSA) is 16.1 Å². The Morgan fingerprint density at radius 2 is 1.80 bits per heavy atom. The maximum absolute atomic E-state index is 12.6. The van der Waals surface area contributed by atoms with Crippen molar-refractivity contribution in [1.29, 1.82) is 0 Å². The molecule has 2 aromatic rings. The van der Waals surface area contributed by atoms with Crippen molar-refractivity contribution in [2.45, 2.75) is 25.6 Å². The second-order valence-corrected chi connectivity index (χ2v) is 5.19. The van der Waals surface area contributed by atoms with E-state index in [0.29, 0.717) is 10.9 Å². The monoisotopic (exact) mass is 280 g/mol. The molecular formula is C15H15F3N2. The Morgan fingerprint density at radius 1 is 1.05 bits per heavy atom. The smallest absolute Gasteiger partial charge is 0.298 e. The fraction of sp³-hybridized carbons (Fsp3) is 0.400. The van der Waals surface area contributed by atoms with Crippen molar-refractivity contribution in [3.63, 3.8) is 0 Å². The Morgan fingerprint density at radius 3 is 2.50 bits per heavy atom. The summed E-state index contributed by atoms with van der Waals surface area (Å²) in [4.78, 5) is 6.77. The van der Waals surface area contributed by atoms with Crippen molar-refractivity contribution in [2.24, 2.45) is 0 Å². The largest absolute Gasteiger partial charge is 0.416 e. The van der Waals surface area contributed by atoms with Gasteiger partial charge in [-0.15, -0.1) is 0 Å².